The molecule has 1 fully saturated rings. The first-order valence-corrected chi connectivity index (χ1v) is 6.56. The van der Waals surface area contributed by atoms with Crippen molar-refractivity contribution < 1.29 is 19.1 Å². The summed E-state index contributed by atoms with van der Waals surface area (Å²) >= 11 is 0. The SMILES string of the molecule is CCOC(=O)C1C2C=CC(C)(C2)C1C(=O)OCC. The van der Waals surface area contributed by atoms with Crippen LogP contribution in [0.5, 0.6) is 0 Å². The molecular weight excluding hydrogens is 232 g/mol. The van der Waals surface area contributed by atoms with Crippen molar-refractivity contribution in [1.29, 1.82) is 0 Å². The highest BCUT2D eigenvalue weighted by Crippen LogP contribution is 2.57. The quantitative estimate of drug-likeness (QED) is 0.567. The van der Waals surface area contributed by atoms with Gasteiger partial charge in [0.1, 0.15) is 0 Å². The summed E-state index contributed by atoms with van der Waals surface area (Å²) in [4.78, 5) is 24.1. The standard InChI is InChI=1S/C14H20O4/c1-4-17-12(15)10-9-6-7-14(3,8-9)11(10)13(16)18-5-2/h6-7,9-11H,4-5,8H2,1-3H3. The van der Waals surface area contributed by atoms with Gasteiger partial charge in [0.25, 0.3) is 0 Å². The van der Waals surface area contributed by atoms with Gasteiger partial charge < -0.3 is 9.47 Å². The van der Waals surface area contributed by atoms with Gasteiger partial charge in [-0.3, -0.25) is 9.59 Å². The van der Waals surface area contributed by atoms with E-state index in [4.69, 9.17) is 9.47 Å². The Morgan fingerprint density at radius 1 is 1.22 bits per heavy atom. The lowest BCUT2D eigenvalue weighted by atomic mass is 9.75. The summed E-state index contributed by atoms with van der Waals surface area (Å²) in [6.07, 6.45) is 4.92. The van der Waals surface area contributed by atoms with Crippen LogP contribution in [-0.2, 0) is 19.1 Å². The molecule has 4 heteroatoms. The first kappa shape index (κ1) is 13.1. The van der Waals surface area contributed by atoms with E-state index in [9.17, 15) is 9.59 Å². The zero-order valence-corrected chi connectivity index (χ0v) is 11.1. The van der Waals surface area contributed by atoms with E-state index in [1.807, 2.05) is 13.0 Å². The van der Waals surface area contributed by atoms with Crippen molar-refractivity contribution in [3.05, 3.63) is 12.2 Å². The maximum atomic E-state index is 12.1. The molecule has 2 aliphatic carbocycles. The van der Waals surface area contributed by atoms with Crippen LogP contribution in [0.2, 0.25) is 0 Å². The topological polar surface area (TPSA) is 52.6 Å². The van der Waals surface area contributed by atoms with Crippen molar-refractivity contribution in [1.82, 2.24) is 0 Å². The molecule has 100 valence electrons. The number of ether oxygens (including phenoxy) is 2. The average molecular weight is 252 g/mol. The van der Waals surface area contributed by atoms with Gasteiger partial charge in [0.05, 0.1) is 25.0 Å². The third-order valence-corrected chi connectivity index (χ3v) is 4.03. The highest BCUT2D eigenvalue weighted by atomic mass is 16.5. The van der Waals surface area contributed by atoms with Crippen molar-refractivity contribution in [3.63, 3.8) is 0 Å². The van der Waals surface area contributed by atoms with Crippen molar-refractivity contribution in [3.8, 4) is 0 Å². The third kappa shape index (κ3) is 1.93. The van der Waals surface area contributed by atoms with Crippen LogP contribution < -0.4 is 0 Å². The Morgan fingerprint density at radius 3 is 2.44 bits per heavy atom. The minimum atomic E-state index is -0.397. The lowest BCUT2D eigenvalue weighted by Crippen LogP contribution is -2.39. The van der Waals surface area contributed by atoms with Crippen LogP contribution in [0.15, 0.2) is 12.2 Å². The molecule has 0 aliphatic heterocycles. The Balaban J connectivity index is 2.24. The molecule has 1 saturated carbocycles. The van der Waals surface area contributed by atoms with E-state index in [1.54, 1.807) is 13.8 Å². The molecule has 4 unspecified atom stereocenters. The van der Waals surface area contributed by atoms with Crippen LogP contribution >= 0.6 is 0 Å². The first-order chi connectivity index (χ1) is 8.53. The molecular formula is C14H20O4. The van der Waals surface area contributed by atoms with E-state index in [1.165, 1.54) is 0 Å². The number of carbonyl (C=O) groups excluding carboxylic acids is 2. The molecule has 0 radical (unpaired) electrons. The molecule has 0 N–H and O–H groups in total. The molecule has 2 rings (SSSR count). The van der Waals surface area contributed by atoms with E-state index in [-0.39, 0.29) is 29.2 Å². The summed E-state index contributed by atoms with van der Waals surface area (Å²) in [5, 5.41) is 0. The van der Waals surface area contributed by atoms with Gasteiger partial charge >= 0.3 is 11.9 Å². The maximum Gasteiger partial charge on any atom is 0.310 e. The number of hydrogen-bond donors (Lipinski definition) is 0. The molecule has 0 amide bonds. The van der Waals surface area contributed by atoms with Gasteiger partial charge in [-0.1, -0.05) is 19.1 Å². The van der Waals surface area contributed by atoms with Gasteiger partial charge in [0, 0.05) is 5.41 Å². The van der Waals surface area contributed by atoms with Crippen molar-refractivity contribution in [2.75, 3.05) is 13.2 Å². The second-order valence-corrected chi connectivity index (χ2v) is 5.24. The fourth-order valence-corrected chi connectivity index (χ4v) is 3.32. The molecule has 2 aliphatic rings. The Labute approximate surface area is 107 Å². The summed E-state index contributed by atoms with van der Waals surface area (Å²) in [7, 11) is 0. The number of rotatable bonds is 4. The van der Waals surface area contributed by atoms with E-state index in [2.05, 4.69) is 6.08 Å². The molecule has 0 saturated heterocycles. The fraction of sp³-hybridized carbons (Fsp3) is 0.714. The van der Waals surface area contributed by atoms with E-state index < -0.39 is 5.92 Å². The van der Waals surface area contributed by atoms with Gasteiger partial charge in [-0.15, -0.1) is 0 Å². The number of esters is 2. The van der Waals surface area contributed by atoms with Gasteiger partial charge in [-0.05, 0) is 26.2 Å². The van der Waals surface area contributed by atoms with Gasteiger partial charge in [0.2, 0.25) is 0 Å². The monoisotopic (exact) mass is 252 g/mol. The number of carbonyl (C=O) groups is 2. The Bertz CT molecular complexity index is 387. The van der Waals surface area contributed by atoms with E-state index in [0.717, 1.165) is 6.42 Å². The fourth-order valence-electron chi connectivity index (χ4n) is 3.32. The minimum Gasteiger partial charge on any atom is -0.466 e. The first-order valence-electron chi connectivity index (χ1n) is 6.56. The van der Waals surface area contributed by atoms with Gasteiger partial charge in [-0.25, -0.2) is 0 Å². The van der Waals surface area contributed by atoms with Crippen molar-refractivity contribution in [2.45, 2.75) is 27.2 Å². The zero-order valence-electron chi connectivity index (χ0n) is 11.1. The van der Waals surface area contributed by atoms with E-state index in [0.29, 0.717) is 13.2 Å². The molecule has 0 aromatic rings. The molecule has 4 atom stereocenters. The molecule has 0 heterocycles. The average Bonchev–Trinajstić information content (AvgIpc) is 2.82. The minimum absolute atomic E-state index is 0.114. The number of fused-ring (bicyclic) bond motifs is 2. The second-order valence-electron chi connectivity index (χ2n) is 5.24. The molecule has 0 aromatic heterocycles. The summed E-state index contributed by atoms with van der Waals surface area (Å²) in [6.45, 7) is 6.27. The number of allylic oxidation sites excluding steroid dienone is 2. The van der Waals surface area contributed by atoms with Crippen LogP contribution in [0.1, 0.15) is 27.2 Å². The summed E-state index contributed by atoms with van der Waals surface area (Å²) in [5.74, 6) is -1.20. The van der Waals surface area contributed by atoms with Crippen LogP contribution in [0.25, 0.3) is 0 Å². The zero-order chi connectivity index (χ0) is 13.3. The van der Waals surface area contributed by atoms with Crippen LogP contribution in [0.3, 0.4) is 0 Å². The Hall–Kier alpha value is -1.32. The molecule has 2 bridgehead atoms. The van der Waals surface area contributed by atoms with Gasteiger partial charge in [0.15, 0.2) is 0 Å². The summed E-state index contributed by atoms with van der Waals surface area (Å²) in [6, 6.07) is 0. The summed E-state index contributed by atoms with van der Waals surface area (Å²) < 4.78 is 10.2. The Kier molecular flexibility index (Phi) is 3.46. The number of hydrogen-bond acceptors (Lipinski definition) is 4. The predicted octanol–water partition coefficient (Wildman–Crippen LogP) is 1.94. The maximum absolute atomic E-state index is 12.1. The largest absolute Gasteiger partial charge is 0.466 e. The van der Waals surface area contributed by atoms with Crippen LogP contribution in [-0.4, -0.2) is 25.2 Å². The molecule has 0 aromatic carbocycles. The van der Waals surface area contributed by atoms with Gasteiger partial charge in [-0.2, -0.15) is 0 Å². The molecule has 0 spiro atoms. The highest BCUT2D eigenvalue weighted by Gasteiger charge is 2.59. The van der Waals surface area contributed by atoms with Crippen LogP contribution in [0.4, 0.5) is 0 Å². The predicted molar refractivity (Wildman–Crippen MR) is 65.6 cm³/mol. The lowest BCUT2D eigenvalue weighted by molar-refractivity contribution is -0.162. The van der Waals surface area contributed by atoms with E-state index >= 15 is 0 Å². The normalized spacial score (nSPS) is 36.7. The van der Waals surface area contributed by atoms with Crippen molar-refractivity contribution >= 4 is 11.9 Å². The van der Waals surface area contributed by atoms with Crippen molar-refractivity contribution in [2.24, 2.45) is 23.2 Å². The Morgan fingerprint density at radius 2 is 1.83 bits per heavy atom. The second kappa shape index (κ2) is 4.75. The summed E-state index contributed by atoms with van der Waals surface area (Å²) in [5.41, 5.74) is -0.256. The smallest absolute Gasteiger partial charge is 0.310 e. The molecule has 18 heavy (non-hydrogen) atoms. The lowest BCUT2D eigenvalue weighted by Gasteiger charge is -2.30. The third-order valence-electron chi connectivity index (χ3n) is 4.03. The molecule has 4 nitrogen and oxygen atoms in total. The highest BCUT2D eigenvalue weighted by molar-refractivity contribution is 5.85. The van der Waals surface area contributed by atoms with Crippen LogP contribution in [0, 0.1) is 23.2 Å².